The third-order valence-corrected chi connectivity index (χ3v) is 2.59. The zero-order valence-corrected chi connectivity index (χ0v) is 9.65. The lowest BCUT2D eigenvalue weighted by molar-refractivity contribution is -0.105. The number of nitrogens with two attached hydrogens (primary N) is 1. The van der Waals surface area contributed by atoms with Gasteiger partial charge in [-0.05, 0) is 31.5 Å². The lowest BCUT2D eigenvalue weighted by atomic mass is 10.0. The van der Waals surface area contributed by atoms with Crippen molar-refractivity contribution in [3.8, 4) is 11.1 Å². The number of carbonyl (C=O) groups excluding carboxylic acids is 1. The molecular weight excluding hydrogens is 218 g/mol. The van der Waals surface area contributed by atoms with Gasteiger partial charge < -0.3 is 15.6 Å². The molecule has 0 bridgehead atoms. The summed E-state index contributed by atoms with van der Waals surface area (Å²) in [5, 5.41) is 6.45. The van der Waals surface area contributed by atoms with Crippen LogP contribution in [0.5, 0.6) is 0 Å². The molecule has 2 aromatic rings. The summed E-state index contributed by atoms with van der Waals surface area (Å²) < 4.78 is 5.11. The van der Waals surface area contributed by atoms with E-state index in [1.165, 1.54) is 0 Å². The number of benzene rings is 1. The molecule has 88 valence electrons. The van der Waals surface area contributed by atoms with Crippen molar-refractivity contribution >= 4 is 17.8 Å². The smallest absolute Gasteiger partial charge is 0.211 e. The summed E-state index contributed by atoms with van der Waals surface area (Å²) in [6, 6.07) is 5.42. The molecule has 0 aliphatic carbocycles. The highest BCUT2D eigenvalue weighted by Gasteiger charge is 2.12. The first kappa shape index (κ1) is 11.2. The van der Waals surface area contributed by atoms with Gasteiger partial charge in [0, 0.05) is 5.56 Å². The number of hydrogen-bond acceptors (Lipinski definition) is 4. The van der Waals surface area contributed by atoms with Gasteiger partial charge in [-0.2, -0.15) is 0 Å². The Morgan fingerprint density at radius 2 is 2.18 bits per heavy atom. The molecule has 17 heavy (non-hydrogen) atoms. The van der Waals surface area contributed by atoms with Crippen LogP contribution in [0.3, 0.4) is 0 Å². The number of aryl methyl sites for hydroxylation is 2. The van der Waals surface area contributed by atoms with E-state index < -0.39 is 0 Å². The molecule has 1 aromatic carbocycles. The third kappa shape index (κ3) is 1.99. The molecule has 1 amide bonds. The summed E-state index contributed by atoms with van der Waals surface area (Å²) in [6.45, 7) is 3.72. The predicted molar refractivity (Wildman–Crippen MR) is 65.5 cm³/mol. The average Bonchev–Trinajstić information content (AvgIpc) is 2.63. The minimum absolute atomic E-state index is 0.521. The molecule has 1 heterocycles. The van der Waals surface area contributed by atoms with Crippen LogP contribution in [0.4, 0.5) is 11.4 Å². The van der Waals surface area contributed by atoms with Crippen LogP contribution in [0.25, 0.3) is 11.1 Å². The Labute approximate surface area is 98.6 Å². The maximum atomic E-state index is 10.5. The summed E-state index contributed by atoms with van der Waals surface area (Å²) in [5.41, 5.74) is 9.50. The monoisotopic (exact) mass is 231 g/mol. The highest BCUT2D eigenvalue weighted by Crippen LogP contribution is 2.31. The minimum Gasteiger partial charge on any atom is -0.397 e. The number of hydrogen-bond donors (Lipinski definition) is 2. The van der Waals surface area contributed by atoms with Crippen molar-refractivity contribution in [1.82, 2.24) is 5.16 Å². The fourth-order valence-electron chi connectivity index (χ4n) is 1.80. The maximum Gasteiger partial charge on any atom is 0.211 e. The lowest BCUT2D eigenvalue weighted by Crippen LogP contribution is -1.99. The van der Waals surface area contributed by atoms with Crippen LogP contribution < -0.4 is 11.1 Å². The fraction of sp³-hybridized carbons (Fsp3) is 0.167. The molecule has 5 heteroatoms. The molecular formula is C12H13N3O2. The molecule has 0 saturated carbocycles. The van der Waals surface area contributed by atoms with Gasteiger partial charge in [-0.1, -0.05) is 11.2 Å². The van der Waals surface area contributed by atoms with Gasteiger partial charge >= 0.3 is 0 Å². The van der Waals surface area contributed by atoms with Crippen molar-refractivity contribution in [3.05, 3.63) is 29.7 Å². The van der Waals surface area contributed by atoms with Crippen molar-refractivity contribution in [3.63, 3.8) is 0 Å². The van der Waals surface area contributed by atoms with E-state index in [-0.39, 0.29) is 0 Å². The first-order valence-electron chi connectivity index (χ1n) is 5.16. The number of carbonyl (C=O) groups is 1. The van der Waals surface area contributed by atoms with Gasteiger partial charge in [-0.25, -0.2) is 0 Å². The van der Waals surface area contributed by atoms with Crippen LogP contribution in [-0.2, 0) is 4.79 Å². The Kier molecular flexibility index (Phi) is 2.82. The van der Waals surface area contributed by atoms with Crippen LogP contribution in [0.15, 0.2) is 22.7 Å². The minimum atomic E-state index is 0.521. The van der Waals surface area contributed by atoms with Crippen LogP contribution in [0.1, 0.15) is 11.5 Å². The quantitative estimate of drug-likeness (QED) is 0.626. The van der Waals surface area contributed by atoms with Crippen LogP contribution in [-0.4, -0.2) is 11.6 Å². The molecule has 0 unspecified atom stereocenters. The second-order valence-corrected chi connectivity index (χ2v) is 3.76. The lowest BCUT2D eigenvalue weighted by Gasteiger charge is -2.07. The summed E-state index contributed by atoms with van der Waals surface area (Å²) in [7, 11) is 0. The van der Waals surface area contributed by atoms with Crippen molar-refractivity contribution in [2.45, 2.75) is 13.8 Å². The van der Waals surface area contributed by atoms with Gasteiger partial charge in [0.2, 0.25) is 6.41 Å². The largest absolute Gasteiger partial charge is 0.397 e. The molecule has 0 atom stereocenters. The number of nitrogens with one attached hydrogen (secondary N) is 1. The first-order chi connectivity index (χ1) is 8.13. The van der Waals surface area contributed by atoms with E-state index in [0.717, 1.165) is 22.6 Å². The van der Waals surface area contributed by atoms with E-state index in [1.807, 2.05) is 19.9 Å². The van der Waals surface area contributed by atoms with Crippen molar-refractivity contribution in [2.75, 3.05) is 11.1 Å². The second-order valence-electron chi connectivity index (χ2n) is 3.76. The van der Waals surface area contributed by atoms with Gasteiger partial charge in [-0.15, -0.1) is 0 Å². The van der Waals surface area contributed by atoms with Crippen molar-refractivity contribution < 1.29 is 9.32 Å². The zero-order chi connectivity index (χ0) is 12.4. The first-order valence-corrected chi connectivity index (χ1v) is 5.16. The second kappa shape index (κ2) is 4.29. The number of aromatic nitrogens is 1. The standard InChI is InChI=1S/C12H13N3O2/c1-7-12(8(2)17-15-7)9-3-4-10(13)11(5-9)14-6-16/h3-6H,13H2,1-2H3,(H,14,16). The Balaban J connectivity index is 2.53. The van der Waals surface area contributed by atoms with Gasteiger partial charge in [-0.3, -0.25) is 4.79 Å². The predicted octanol–water partition coefficient (Wildman–Crippen LogP) is 2.11. The Morgan fingerprint density at radius 1 is 1.41 bits per heavy atom. The summed E-state index contributed by atoms with van der Waals surface area (Å²) in [6.07, 6.45) is 0.600. The molecule has 0 fully saturated rings. The zero-order valence-electron chi connectivity index (χ0n) is 9.65. The fourth-order valence-corrected chi connectivity index (χ4v) is 1.80. The molecule has 0 radical (unpaired) electrons. The maximum absolute atomic E-state index is 10.5. The van der Waals surface area contributed by atoms with E-state index >= 15 is 0 Å². The number of rotatable bonds is 3. The van der Waals surface area contributed by atoms with Gasteiger partial charge in [0.1, 0.15) is 5.76 Å². The van der Waals surface area contributed by atoms with E-state index in [9.17, 15) is 4.79 Å². The van der Waals surface area contributed by atoms with Crippen LogP contribution >= 0.6 is 0 Å². The molecule has 1 aromatic heterocycles. The van der Waals surface area contributed by atoms with Gasteiger partial charge in [0.25, 0.3) is 0 Å². The molecule has 0 aliphatic heterocycles. The van der Waals surface area contributed by atoms with Gasteiger partial charge in [0.15, 0.2) is 0 Å². The number of nitrogens with zero attached hydrogens (tertiary/aromatic N) is 1. The Hall–Kier alpha value is -2.30. The Bertz CT molecular complexity index is 541. The number of nitrogen functional groups attached to an aromatic ring is 1. The summed E-state index contributed by atoms with van der Waals surface area (Å²) in [4.78, 5) is 10.5. The SMILES string of the molecule is Cc1noc(C)c1-c1ccc(N)c(NC=O)c1. The average molecular weight is 231 g/mol. The van der Waals surface area contributed by atoms with Crippen LogP contribution in [0, 0.1) is 13.8 Å². The summed E-state index contributed by atoms with van der Waals surface area (Å²) >= 11 is 0. The van der Waals surface area contributed by atoms with Crippen molar-refractivity contribution in [1.29, 1.82) is 0 Å². The van der Waals surface area contributed by atoms with E-state index in [1.54, 1.807) is 12.1 Å². The Morgan fingerprint density at radius 3 is 2.76 bits per heavy atom. The number of amides is 1. The highest BCUT2D eigenvalue weighted by atomic mass is 16.5. The van der Waals surface area contributed by atoms with Crippen molar-refractivity contribution in [2.24, 2.45) is 0 Å². The molecule has 0 aliphatic rings. The molecule has 2 rings (SSSR count). The normalized spacial score (nSPS) is 10.2. The third-order valence-electron chi connectivity index (χ3n) is 2.59. The highest BCUT2D eigenvalue weighted by molar-refractivity contribution is 5.84. The molecule has 5 nitrogen and oxygen atoms in total. The number of anilines is 2. The summed E-state index contributed by atoms with van der Waals surface area (Å²) in [5.74, 6) is 0.740. The van der Waals surface area contributed by atoms with E-state index in [4.69, 9.17) is 10.3 Å². The van der Waals surface area contributed by atoms with Gasteiger partial charge in [0.05, 0.1) is 17.1 Å². The van der Waals surface area contributed by atoms with E-state index in [0.29, 0.717) is 17.8 Å². The van der Waals surface area contributed by atoms with Crippen LogP contribution in [0.2, 0.25) is 0 Å². The topological polar surface area (TPSA) is 81.2 Å². The molecule has 3 N–H and O–H groups in total. The molecule has 0 saturated heterocycles. The molecule has 0 spiro atoms. The van der Waals surface area contributed by atoms with E-state index in [2.05, 4.69) is 10.5 Å².